The maximum Gasteiger partial charge on any atom is 0.122 e. The topological polar surface area (TPSA) is 12.9 Å². The molecule has 0 bridgehead atoms. The summed E-state index contributed by atoms with van der Waals surface area (Å²) in [6.45, 7) is 5.96. The van der Waals surface area contributed by atoms with Gasteiger partial charge in [0.05, 0.1) is 0 Å². The van der Waals surface area contributed by atoms with E-state index in [1.54, 1.807) is 6.92 Å². The predicted molar refractivity (Wildman–Crippen MR) is 82.5 cm³/mol. The summed E-state index contributed by atoms with van der Waals surface area (Å²) in [5, 5.41) is 0. The number of nitrogens with zero attached hydrogens (tertiary/aromatic N) is 1. The number of rotatable bonds is 5. The van der Waals surface area contributed by atoms with Gasteiger partial charge in [-0.2, -0.15) is 0 Å². The van der Waals surface area contributed by atoms with Gasteiger partial charge in [0, 0.05) is 11.9 Å². The molecule has 0 aliphatic heterocycles. The summed E-state index contributed by atoms with van der Waals surface area (Å²) < 4.78 is 13.2. The number of alkyl halides is 1. The number of pyridine rings is 1. The highest BCUT2D eigenvalue weighted by Gasteiger charge is 2.08. The Morgan fingerprint density at radius 3 is 2.35 bits per heavy atom. The highest BCUT2D eigenvalue weighted by molar-refractivity contribution is 5.63. The van der Waals surface area contributed by atoms with Crippen LogP contribution in [0.25, 0.3) is 11.1 Å². The molecule has 0 N–H and O–H groups in total. The first-order valence-electron chi connectivity index (χ1n) is 7.32. The van der Waals surface area contributed by atoms with Crippen molar-refractivity contribution in [1.29, 1.82) is 0 Å². The van der Waals surface area contributed by atoms with Crippen LogP contribution >= 0.6 is 0 Å². The first-order valence-corrected chi connectivity index (χ1v) is 7.32. The van der Waals surface area contributed by atoms with E-state index in [0.29, 0.717) is 5.92 Å². The summed E-state index contributed by atoms with van der Waals surface area (Å²) in [5.74, 6) is 0.477. The SMILES string of the molecule is CCCC(C)c1cc(-c2ccc(C(C)F)cc2)ccn1. The molecule has 20 heavy (non-hydrogen) atoms. The third kappa shape index (κ3) is 3.44. The van der Waals surface area contributed by atoms with E-state index >= 15 is 0 Å². The number of halogens is 1. The average Bonchev–Trinajstić information content (AvgIpc) is 2.48. The van der Waals surface area contributed by atoms with Gasteiger partial charge < -0.3 is 0 Å². The summed E-state index contributed by atoms with van der Waals surface area (Å²) in [5.41, 5.74) is 4.12. The second-order valence-electron chi connectivity index (χ2n) is 5.40. The zero-order valence-corrected chi connectivity index (χ0v) is 12.4. The van der Waals surface area contributed by atoms with E-state index in [1.807, 2.05) is 36.5 Å². The molecule has 0 saturated carbocycles. The van der Waals surface area contributed by atoms with Crippen LogP contribution in [0.3, 0.4) is 0 Å². The molecule has 0 fully saturated rings. The number of aromatic nitrogens is 1. The largest absolute Gasteiger partial charge is 0.261 e. The van der Waals surface area contributed by atoms with Gasteiger partial charge in [0.15, 0.2) is 0 Å². The van der Waals surface area contributed by atoms with E-state index in [0.717, 1.165) is 35.2 Å². The van der Waals surface area contributed by atoms with Crippen LogP contribution in [0.2, 0.25) is 0 Å². The second kappa shape index (κ2) is 6.65. The highest BCUT2D eigenvalue weighted by Crippen LogP contribution is 2.26. The van der Waals surface area contributed by atoms with Crippen LogP contribution in [-0.4, -0.2) is 4.98 Å². The second-order valence-corrected chi connectivity index (χ2v) is 5.40. The van der Waals surface area contributed by atoms with Crippen molar-refractivity contribution in [1.82, 2.24) is 4.98 Å². The molecule has 0 spiro atoms. The Kier molecular flexibility index (Phi) is 4.89. The summed E-state index contributed by atoms with van der Waals surface area (Å²) in [4.78, 5) is 4.47. The maximum atomic E-state index is 13.2. The van der Waals surface area contributed by atoms with Crippen LogP contribution in [0, 0.1) is 0 Å². The third-order valence-corrected chi connectivity index (χ3v) is 3.71. The summed E-state index contributed by atoms with van der Waals surface area (Å²) in [6, 6.07) is 11.8. The van der Waals surface area contributed by atoms with Gasteiger partial charge in [0.2, 0.25) is 0 Å². The van der Waals surface area contributed by atoms with Crippen LogP contribution in [0.15, 0.2) is 42.6 Å². The van der Waals surface area contributed by atoms with Gasteiger partial charge >= 0.3 is 0 Å². The molecule has 106 valence electrons. The van der Waals surface area contributed by atoms with E-state index in [9.17, 15) is 4.39 Å². The van der Waals surface area contributed by atoms with Crippen molar-refractivity contribution in [2.45, 2.75) is 45.7 Å². The van der Waals surface area contributed by atoms with Gasteiger partial charge in [-0.25, -0.2) is 4.39 Å². The van der Waals surface area contributed by atoms with Gasteiger partial charge in [-0.1, -0.05) is 44.5 Å². The molecular weight excluding hydrogens is 249 g/mol. The van der Waals surface area contributed by atoms with Crippen molar-refractivity contribution in [2.75, 3.05) is 0 Å². The number of hydrogen-bond donors (Lipinski definition) is 0. The zero-order valence-electron chi connectivity index (χ0n) is 12.4. The van der Waals surface area contributed by atoms with Crippen molar-refractivity contribution < 1.29 is 4.39 Å². The van der Waals surface area contributed by atoms with Gasteiger partial charge in [-0.3, -0.25) is 4.98 Å². The molecule has 1 aromatic heterocycles. The Balaban J connectivity index is 2.26. The molecular formula is C18H22FN. The monoisotopic (exact) mass is 271 g/mol. The first-order chi connectivity index (χ1) is 9.61. The van der Waals surface area contributed by atoms with Crippen LogP contribution in [0.4, 0.5) is 4.39 Å². The Morgan fingerprint density at radius 1 is 1.05 bits per heavy atom. The van der Waals surface area contributed by atoms with E-state index in [4.69, 9.17) is 0 Å². The normalized spacial score (nSPS) is 14.0. The molecule has 2 rings (SSSR count). The molecule has 2 atom stereocenters. The van der Waals surface area contributed by atoms with Crippen molar-refractivity contribution >= 4 is 0 Å². The van der Waals surface area contributed by atoms with Gasteiger partial charge in [0.25, 0.3) is 0 Å². The van der Waals surface area contributed by atoms with Gasteiger partial charge in [-0.05, 0) is 48.1 Å². The van der Waals surface area contributed by atoms with Crippen LogP contribution in [0.1, 0.15) is 57.0 Å². The smallest absolute Gasteiger partial charge is 0.122 e. The third-order valence-electron chi connectivity index (χ3n) is 3.71. The van der Waals surface area contributed by atoms with Crippen molar-refractivity contribution in [3.8, 4) is 11.1 Å². The minimum absolute atomic E-state index is 0.477. The van der Waals surface area contributed by atoms with Crippen LogP contribution in [0.5, 0.6) is 0 Å². The molecule has 1 aromatic carbocycles. The van der Waals surface area contributed by atoms with E-state index in [-0.39, 0.29) is 0 Å². The molecule has 2 heteroatoms. The molecule has 0 aliphatic rings. The minimum atomic E-state index is -0.915. The maximum absolute atomic E-state index is 13.2. The molecule has 2 unspecified atom stereocenters. The Bertz CT molecular complexity index is 546. The van der Waals surface area contributed by atoms with Gasteiger partial charge in [0.1, 0.15) is 6.17 Å². The molecule has 1 heterocycles. The average molecular weight is 271 g/mol. The molecule has 0 amide bonds. The number of hydrogen-bond acceptors (Lipinski definition) is 1. The van der Waals surface area contributed by atoms with E-state index in [2.05, 4.69) is 24.9 Å². The fraction of sp³-hybridized carbons (Fsp3) is 0.389. The van der Waals surface area contributed by atoms with Crippen LogP contribution in [-0.2, 0) is 0 Å². The van der Waals surface area contributed by atoms with E-state index in [1.165, 1.54) is 0 Å². The highest BCUT2D eigenvalue weighted by atomic mass is 19.1. The quantitative estimate of drug-likeness (QED) is 0.681. The van der Waals surface area contributed by atoms with Gasteiger partial charge in [-0.15, -0.1) is 0 Å². The fourth-order valence-corrected chi connectivity index (χ4v) is 2.42. The standard InChI is InChI=1S/C18H22FN/c1-4-5-13(2)18-12-17(10-11-20-18)16-8-6-15(7-9-16)14(3)19/h6-14H,4-5H2,1-3H3. The summed E-state index contributed by atoms with van der Waals surface area (Å²) in [6.07, 6.45) is 3.26. The molecule has 0 saturated heterocycles. The fourth-order valence-electron chi connectivity index (χ4n) is 2.42. The Morgan fingerprint density at radius 2 is 1.75 bits per heavy atom. The lowest BCUT2D eigenvalue weighted by Gasteiger charge is -2.11. The first kappa shape index (κ1) is 14.7. The van der Waals surface area contributed by atoms with Crippen molar-refractivity contribution in [3.05, 3.63) is 53.9 Å². The lowest BCUT2D eigenvalue weighted by Crippen LogP contribution is -1.96. The summed E-state index contributed by atoms with van der Waals surface area (Å²) in [7, 11) is 0. The Labute approximate surface area is 120 Å². The lowest BCUT2D eigenvalue weighted by molar-refractivity contribution is 0.374. The molecule has 1 nitrogen and oxygen atoms in total. The number of benzene rings is 1. The minimum Gasteiger partial charge on any atom is -0.261 e. The lowest BCUT2D eigenvalue weighted by atomic mass is 9.97. The van der Waals surface area contributed by atoms with Crippen molar-refractivity contribution in [3.63, 3.8) is 0 Å². The molecule has 2 aromatic rings. The molecule has 0 aliphatic carbocycles. The molecule has 0 radical (unpaired) electrons. The van der Waals surface area contributed by atoms with E-state index < -0.39 is 6.17 Å². The van der Waals surface area contributed by atoms with Crippen molar-refractivity contribution in [2.24, 2.45) is 0 Å². The summed E-state index contributed by atoms with van der Waals surface area (Å²) >= 11 is 0. The van der Waals surface area contributed by atoms with Crippen LogP contribution < -0.4 is 0 Å². The Hall–Kier alpha value is -1.70. The predicted octanol–water partition coefficient (Wildman–Crippen LogP) is 5.68. The zero-order chi connectivity index (χ0) is 14.5.